The molecular formula is C34H50O8. The van der Waals surface area contributed by atoms with Crippen molar-refractivity contribution in [1.82, 2.24) is 0 Å². The van der Waals surface area contributed by atoms with Crippen molar-refractivity contribution >= 4 is 11.9 Å². The fourth-order valence-electron chi connectivity index (χ4n) is 11.3. The van der Waals surface area contributed by atoms with Crippen LogP contribution in [0.1, 0.15) is 87.5 Å². The monoisotopic (exact) mass is 586 g/mol. The predicted molar refractivity (Wildman–Crippen MR) is 155 cm³/mol. The van der Waals surface area contributed by atoms with Crippen LogP contribution in [0.2, 0.25) is 0 Å². The van der Waals surface area contributed by atoms with Crippen molar-refractivity contribution in [2.75, 3.05) is 6.61 Å². The Kier molecular flexibility index (Phi) is 7.13. The Morgan fingerprint density at radius 2 is 1.79 bits per heavy atom. The van der Waals surface area contributed by atoms with Crippen molar-refractivity contribution < 1.29 is 38.7 Å². The van der Waals surface area contributed by atoms with E-state index in [0.29, 0.717) is 18.6 Å². The molecular weight excluding hydrogens is 536 g/mol. The molecule has 2 aliphatic heterocycles. The average Bonchev–Trinajstić information content (AvgIpc) is 3.57. The summed E-state index contributed by atoms with van der Waals surface area (Å²) in [5.41, 5.74) is -0.0791. The molecule has 0 bridgehead atoms. The first-order valence-corrected chi connectivity index (χ1v) is 16.0. The summed E-state index contributed by atoms with van der Waals surface area (Å²) in [6.07, 6.45) is 4.90. The second-order valence-corrected chi connectivity index (χ2v) is 15.3. The first-order valence-electron chi connectivity index (χ1n) is 16.0. The lowest BCUT2D eigenvalue weighted by molar-refractivity contribution is -0.263. The van der Waals surface area contributed by atoms with Gasteiger partial charge in [0, 0.05) is 47.0 Å². The van der Waals surface area contributed by atoms with E-state index in [2.05, 4.69) is 33.8 Å². The number of carbonyl (C=O) groups excluding carboxylic acids is 2. The summed E-state index contributed by atoms with van der Waals surface area (Å²) in [6, 6.07) is 0. The smallest absolute Gasteiger partial charge is 0.333 e. The molecule has 2 saturated heterocycles. The summed E-state index contributed by atoms with van der Waals surface area (Å²) < 4.78 is 24.7. The van der Waals surface area contributed by atoms with Gasteiger partial charge in [-0.25, -0.2) is 4.79 Å². The number of allylic oxidation sites excluding steroid dienone is 2. The van der Waals surface area contributed by atoms with E-state index in [4.69, 9.17) is 18.9 Å². The summed E-state index contributed by atoms with van der Waals surface area (Å²) >= 11 is 0. The molecule has 0 amide bonds. The number of hydrogen-bond acceptors (Lipinski definition) is 8. The Morgan fingerprint density at radius 1 is 1.07 bits per heavy atom. The topological polar surface area (TPSA) is 112 Å². The first kappa shape index (κ1) is 30.3. The van der Waals surface area contributed by atoms with Crippen LogP contribution in [0.3, 0.4) is 0 Å². The molecule has 0 aromatic rings. The van der Waals surface area contributed by atoms with Gasteiger partial charge in [0.05, 0.1) is 24.9 Å². The number of carbonyl (C=O) groups is 2. The van der Waals surface area contributed by atoms with Gasteiger partial charge < -0.3 is 29.2 Å². The van der Waals surface area contributed by atoms with E-state index in [9.17, 15) is 19.8 Å². The third kappa shape index (κ3) is 3.86. The summed E-state index contributed by atoms with van der Waals surface area (Å²) in [5.74, 6) is -0.623. The Hall–Kier alpha value is -1.74. The van der Waals surface area contributed by atoms with Crippen LogP contribution in [0.5, 0.6) is 0 Å². The number of aliphatic hydroxyl groups excluding tert-OH is 2. The van der Waals surface area contributed by atoms with Gasteiger partial charge in [-0.2, -0.15) is 0 Å². The van der Waals surface area contributed by atoms with Crippen molar-refractivity contribution in [2.24, 2.45) is 45.3 Å². The van der Waals surface area contributed by atoms with E-state index < -0.39 is 47.0 Å². The zero-order valence-electron chi connectivity index (χ0n) is 26.5. The fraction of sp³-hybridized carbons (Fsp3) is 0.824. The minimum absolute atomic E-state index is 0.00557. The molecule has 3 saturated carbocycles. The molecule has 8 nitrogen and oxygen atoms in total. The molecule has 4 aliphatic carbocycles. The number of esters is 2. The Bertz CT molecular complexity index is 1210. The van der Waals surface area contributed by atoms with Crippen LogP contribution in [0, 0.1) is 45.3 Å². The van der Waals surface area contributed by atoms with E-state index in [0.717, 1.165) is 25.7 Å². The maximum Gasteiger partial charge on any atom is 0.333 e. The van der Waals surface area contributed by atoms with Crippen molar-refractivity contribution in [1.29, 1.82) is 0 Å². The number of fused-ring (bicyclic) bond motifs is 4. The van der Waals surface area contributed by atoms with Gasteiger partial charge in [-0.15, -0.1) is 0 Å². The molecule has 6 aliphatic rings. The van der Waals surface area contributed by atoms with Crippen molar-refractivity contribution in [3.63, 3.8) is 0 Å². The highest BCUT2D eigenvalue weighted by molar-refractivity contribution is 5.87. The minimum Gasteiger partial charge on any atom is -0.462 e. The first-order chi connectivity index (χ1) is 19.6. The van der Waals surface area contributed by atoms with Crippen LogP contribution in [0.15, 0.2) is 23.3 Å². The summed E-state index contributed by atoms with van der Waals surface area (Å²) in [6.45, 7) is 16.3. The van der Waals surface area contributed by atoms with Crippen LogP contribution in [-0.4, -0.2) is 65.6 Å². The Balaban J connectivity index is 1.44. The van der Waals surface area contributed by atoms with E-state index in [1.165, 1.54) is 12.5 Å². The summed E-state index contributed by atoms with van der Waals surface area (Å²) in [4.78, 5) is 25.6. The standard InChI is InChI=1S/C34H50O8/c1-9-17(2)29(37)42-25-15-24(41-19(4)35)32(6)16-39-26-27(32)34(25,8)23-12-13-31(5)21(20-14-18(3)40-30(20)38)10-11-22(31)33(23,7)28(26)36/h9,11,18,20-21,23-28,30,36,38H,10,12-16H2,1-8H3/b17-9+/t18?,20-,21+,23+,24-,25+,26+,27+,28-,30?,31+,32-,33+,34+/m1/s1. The molecule has 2 heterocycles. The third-order valence-electron chi connectivity index (χ3n) is 13.3. The van der Waals surface area contributed by atoms with Crippen LogP contribution in [0.25, 0.3) is 0 Å². The number of aliphatic hydroxyl groups is 2. The lowest BCUT2D eigenvalue weighted by atomic mass is 9.36. The molecule has 6 rings (SSSR count). The molecule has 8 heteroatoms. The van der Waals surface area contributed by atoms with Gasteiger partial charge in [-0.3, -0.25) is 4.79 Å². The summed E-state index contributed by atoms with van der Waals surface area (Å²) in [5, 5.41) is 23.3. The molecule has 0 radical (unpaired) electrons. The van der Waals surface area contributed by atoms with Gasteiger partial charge in [-0.05, 0) is 63.7 Å². The van der Waals surface area contributed by atoms with Gasteiger partial charge >= 0.3 is 11.9 Å². The molecule has 42 heavy (non-hydrogen) atoms. The van der Waals surface area contributed by atoms with Gasteiger partial charge in [0.25, 0.3) is 0 Å². The van der Waals surface area contributed by atoms with Gasteiger partial charge in [0.15, 0.2) is 6.29 Å². The van der Waals surface area contributed by atoms with E-state index in [1.54, 1.807) is 13.0 Å². The maximum absolute atomic E-state index is 13.3. The highest BCUT2D eigenvalue weighted by Gasteiger charge is 2.77. The second-order valence-electron chi connectivity index (χ2n) is 15.3. The van der Waals surface area contributed by atoms with Gasteiger partial charge in [-0.1, -0.05) is 45.4 Å². The van der Waals surface area contributed by atoms with Crippen molar-refractivity contribution in [3.05, 3.63) is 23.3 Å². The van der Waals surface area contributed by atoms with Crippen molar-refractivity contribution in [3.8, 4) is 0 Å². The van der Waals surface area contributed by atoms with Gasteiger partial charge in [0.2, 0.25) is 0 Å². The Morgan fingerprint density at radius 3 is 2.40 bits per heavy atom. The fourth-order valence-corrected chi connectivity index (χ4v) is 11.3. The molecule has 14 atom stereocenters. The largest absolute Gasteiger partial charge is 0.462 e. The van der Waals surface area contributed by atoms with Crippen LogP contribution in [0.4, 0.5) is 0 Å². The van der Waals surface area contributed by atoms with E-state index in [-0.39, 0.29) is 47.1 Å². The molecule has 0 spiro atoms. The van der Waals surface area contributed by atoms with Crippen molar-refractivity contribution in [2.45, 2.75) is 124 Å². The van der Waals surface area contributed by atoms with Crippen LogP contribution >= 0.6 is 0 Å². The quantitative estimate of drug-likeness (QED) is 0.277. The van der Waals surface area contributed by atoms with Gasteiger partial charge in [0.1, 0.15) is 12.2 Å². The number of hydrogen-bond donors (Lipinski definition) is 2. The number of rotatable bonds is 4. The highest BCUT2D eigenvalue weighted by atomic mass is 16.6. The normalized spacial score (nSPS) is 53.1. The molecule has 234 valence electrons. The molecule has 0 aromatic heterocycles. The lowest BCUT2D eigenvalue weighted by Crippen LogP contribution is -2.73. The van der Waals surface area contributed by atoms with Crippen LogP contribution < -0.4 is 0 Å². The van der Waals surface area contributed by atoms with E-state index in [1.807, 2.05) is 13.8 Å². The van der Waals surface area contributed by atoms with E-state index >= 15 is 0 Å². The molecule has 5 fully saturated rings. The molecule has 0 aromatic carbocycles. The van der Waals surface area contributed by atoms with Crippen LogP contribution in [-0.2, 0) is 28.5 Å². The third-order valence-corrected chi connectivity index (χ3v) is 13.3. The summed E-state index contributed by atoms with van der Waals surface area (Å²) in [7, 11) is 0. The average molecular weight is 587 g/mol. The zero-order valence-corrected chi connectivity index (χ0v) is 26.5. The second kappa shape index (κ2) is 9.88. The highest BCUT2D eigenvalue weighted by Crippen LogP contribution is 2.75. The predicted octanol–water partition coefficient (Wildman–Crippen LogP) is 4.71. The number of ether oxygens (including phenoxy) is 4. The maximum atomic E-state index is 13.3. The lowest BCUT2D eigenvalue weighted by Gasteiger charge is -2.69. The molecule has 2 N–H and O–H groups in total. The molecule has 2 unspecified atom stereocenters. The zero-order chi connectivity index (χ0) is 30.6. The SMILES string of the molecule is C/C=C(\C)C(=O)O[C@H]1C[C@@H](OC(C)=O)[C@@]2(C)CO[C@@H]3[C@@H](O)[C@@]4(C)C5=CC[C@@H]([C@H]6CC(C)OC6O)[C@]5(C)CC[C@@H]4[C@]1(C)[C@@H]32. The minimum atomic E-state index is -0.777. The Labute approximate surface area is 250 Å².